The van der Waals surface area contributed by atoms with Gasteiger partial charge in [0.15, 0.2) is 0 Å². The largest absolute Gasteiger partial charge is 0.416 e. The molecule has 0 aliphatic heterocycles. The molecule has 27 heavy (non-hydrogen) atoms. The predicted octanol–water partition coefficient (Wildman–Crippen LogP) is 3.78. The molecule has 1 aliphatic rings. The van der Waals surface area contributed by atoms with E-state index in [2.05, 4.69) is 10.6 Å². The van der Waals surface area contributed by atoms with E-state index in [1.54, 1.807) is 0 Å². The smallest absolute Gasteiger partial charge is 0.355 e. The molecule has 0 aromatic heterocycles. The van der Waals surface area contributed by atoms with Crippen LogP contribution in [0.25, 0.3) is 0 Å². The summed E-state index contributed by atoms with van der Waals surface area (Å²) in [7, 11) is 0. The number of amides is 2. The molecular weight excluding hydrogens is 357 g/mol. The molecule has 0 spiro atoms. The Morgan fingerprint density at radius 3 is 2.30 bits per heavy atom. The molecule has 142 valence electrons. The highest BCUT2D eigenvalue weighted by atomic mass is 19.4. The van der Waals surface area contributed by atoms with Gasteiger partial charge >= 0.3 is 6.18 Å². The summed E-state index contributed by atoms with van der Waals surface area (Å²) < 4.78 is 38.3. The van der Waals surface area contributed by atoms with Gasteiger partial charge in [0.05, 0.1) is 5.56 Å². The van der Waals surface area contributed by atoms with Crippen LogP contribution in [-0.2, 0) is 22.2 Å². The van der Waals surface area contributed by atoms with Crippen molar-refractivity contribution in [2.45, 2.75) is 25.4 Å². The Morgan fingerprint density at radius 1 is 0.963 bits per heavy atom. The van der Waals surface area contributed by atoms with E-state index >= 15 is 0 Å². The van der Waals surface area contributed by atoms with Gasteiger partial charge in [0, 0.05) is 12.2 Å². The summed E-state index contributed by atoms with van der Waals surface area (Å²) in [5, 5.41) is 5.20. The van der Waals surface area contributed by atoms with E-state index in [-0.39, 0.29) is 11.6 Å². The first kappa shape index (κ1) is 18.9. The van der Waals surface area contributed by atoms with Crippen LogP contribution < -0.4 is 10.6 Å². The quantitative estimate of drug-likeness (QED) is 0.754. The number of benzene rings is 2. The molecule has 0 unspecified atom stereocenters. The van der Waals surface area contributed by atoms with Crippen molar-refractivity contribution >= 4 is 17.5 Å². The van der Waals surface area contributed by atoms with Gasteiger partial charge in [-0.15, -0.1) is 0 Å². The minimum atomic E-state index is -4.49. The Kier molecular flexibility index (Phi) is 5.21. The lowest BCUT2D eigenvalue weighted by Crippen LogP contribution is -2.40. The average Bonchev–Trinajstić information content (AvgIpc) is 3.44. The summed E-state index contributed by atoms with van der Waals surface area (Å²) in [5.74, 6) is -0.957. The summed E-state index contributed by atoms with van der Waals surface area (Å²) in [6.45, 7) is 0.390. The summed E-state index contributed by atoms with van der Waals surface area (Å²) in [4.78, 5) is 24.9. The van der Waals surface area contributed by atoms with Crippen LogP contribution in [0.5, 0.6) is 0 Å². The van der Waals surface area contributed by atoms with E-state index in [4.69, 9.17) is 0 Å². The Balaban J connectivity index is 1.58. The molecule has 2 N–H and O–H groups in total. The number of carbonyl (C=O) groups excluding carboxylic acids is 2. The predicted molar refractivity (Wildman–Crippen MR) is 94.9 cm³/mol. The van der Waals surface area contributed by atoms with Crippen molar-refractivity contribution < 1.29 is 22.8 Å². The molecule has 1 fully saturated rings. The van der Waals surface area contributed by atoms with Crippen LogP contribution in [0.3, 0.4) is 0 Å². The lowest BCUT2D eigenvalue weighted by molar-refractivity contribution is -0.138. The van der Waals surface area contributed by atoms with Gasteiger partial charge < -0.3 is 10.6 Å². The van der Waals surface area contributed by atoms with Crippen LogP contribution in [0.4, 0.5) is 18.9 Å². The molecule has 3 rings (SSSR count). The fourth-order valence-corrected chi connectivity index (χ4v) is 2.84. The fourth-order valence-electron chi connectivity index (χ4n) is 2.84. The van der Waals surface area contributed by atoms with Crippen molar-refractivity contribution in [3.8, 4) is 0 Å². The van der Waals surface area contributed by atoms with Crippen LogP contribution in [0.2, 0.25) is 0 Å². The number of anilines is 1. The van der Waals surface area contributed by atoms with E-state index in [9.17, 15) is 22.8 Å². The highest BCUT2D eigenvalue weighted by molar-refractivity contribution is 6.13. The van der Waals surface area contributed by atoms with Crippen LogP contribution in [-0.4, -0.2) is 18.4 Å². The molecule has 1 saturated carbocycles. The third kappa shape index (κ3) is 4.48. The third-order valence-corrected chi connectivity index (χ3v) is 4.61. The Hall–Kier alpha value is -2.83. The first-order chi connectivity index (χ1) is 12.8. The normalized spacial score (nSPS) is 15.1. The number of nitrogens with one attached hydrogen (secondary N) is 2. The van der Waals surface area contributed by atoms with Crippen molar-refractivity contribution in [1.29, 1.82) is 0 Å². The maximum Gasteiger partial charge on any atom is 0.416 e. The second kappa shape index (κ2) is 7.42. The molecule has 2 aromatic rings. The number of hydrogen-bond donors (Lipinski definition) is 2. The zero-order valence-electron chi connectivity index (χ0n) is 14.5. The molecular formula is C20H19F3N2O2. The number of halogens is 3. The van der Waals surface area contributed by atoms with Gasteiger partial charge in [-0.25, -0.2) is 0 Å². The summed E-state index contributed by atoms with van der Waals surface area (Å²) in [6, 6.07) is 14.0. The molecule has 0 saturated heterocycles. The van der Waals surface area contributed by atoms with E-state index in [0.29, 0.717) is 25.8 Å². The summed E-state index contributed by atoms with van der Waals surface area (Å²) >= 11 is 0. The molecule has 2 aromatic carbocycles. The standard InChI is InChI=1S/C20H19F3N2O2/c21-20(22,23)15-7-4-8-16(13-15)25-18(27)19(10-11-19)17(26)24-12-9-14-5-2-1-3-6-14/h1-8,13H,9-12H2,(H,24,26)(H,25,27). The highest BCUT2D eigenvalue weighted by Gasteiger charge is 2.56. The molecule has 2 amide bonds. The highest BCUT2D eigenvalue weighted by Crippen LogP contribution is 2.47. The maximum absolute atomic E-state index is 12.8. The van der Waals surface area contributed by atoms with E-state index < -0.39 is 23.1 Å². The van der Waals surface area contributed by atoms with Crippen molar-refractivity contribution in [2.24, 2.45) is 5.41 Å². The molecule has 4 nitrogen and oxygen atoms in total. The molecule has 0 heterocycles. The molecule has 0 bridgehead atoms. The van der Waals surface area contributed by atoms with E-state index in [0.717, 1.165) is 17.7 Å². The van der Waals surface area contributed by atoms with Gasteiger partial charge in [0.2, 0.25) is 11.8 Å². The van der Waals surface area contributed by atoms with Gasteiger partial charge in [-0.2, -0.15) is 13.2 Å². The molecule has 1 aliphatic carbocycles. The van der Waals surface area contributed by atoms with Crippen LogP contribution in [0.1, 0.15) is 24.0 Å². The van der Waals surface area contributed by atoms with Crippen molar-refractivity contribution in [2.75, 3.05) is 11.9 Å². The molecule has 7 heteroatoms. The monoisotopic (exact) mass is 376 g/mol. The minimum absolute atomic E-state index is 0.0261. The average molecular weight is 376 g/mol. The zero-order valence-corrected chi connectivity index (χ0v) is 14.5. The molecule has 0 radical (unpaired) electrons. The number of alkyl halides is 3. The molecule has 0 atom stereocenters. The Labute approximate surface area is 154 Å². The lowest BCUT2D eigenvalue weighted by atomic mass is 10.0. The Morgan fingerprint density at radius 2 is 1.67 bits per heavy atom. The van der Waals surface area contributed by atoms with Crippen LogP contribution >= 0.6 is 0 Å². The van der Waals surface area contributed by atoms with Crippen molar-refractivity contribution in [1.82, 2.24) is 5.32 Å². The lowest BCUT2D eigenvalue weighted by Gasteiger charge is -2.16. The topological polar surface area (TPSA) is 58.2 Å². The van der Waals surface area contributed by atoms with Crippen LogP contribution in [0.15, 0.2) is 54.6 Å². The van der Waals surface area contributed by atoms with Crippen molar-refractivity contribution in [3.63, 3.8) is 0 Å². The summed E-state index contributed by atoms with van der Waals surface area (Å²) in [6.07, 6.45) is -3.09. The second-order valence-corrected chi connectivity index (χ2v) is 6.61. The Bertz CT molecular complexity index is 831. The summed E-state index contributed by atoms with van der Waals surface area (Å²) in [5.41, 5.74) is -0.947. The first-order valence-corrected chi connectivity index (χ1v) is 8.62. The maximum atomic E-state index is 12.8. The SMILES string of the molecule is O=C(NCCc1ccccc1)C1(C(=O)Nc2cccc(C(F)(F)F)c2)CC1. The van der Waals surface area contributed by atoms with Crippen molar-refractivity contribution in [3.05, 3.63) is 65.7 Å². The third-order valence-electron chi connectivity index (χ3n) is 4.61. The number of rotatable bonds is 6. The van der Waals surface area contributed by atoms with Gasteiger partial charge in [-0.1, -0.05) is 36.4 Å². The van der Waals surface area contributed by atoms with E-state index in [1.165, 1.54) is 12.1 Å². The van der Waals surface area contributed by atoms with Gasteiger partial charge in [0.25, 0.3) is 0 Å². The fraction of sp³-hybridized carbons (Fsp3) is 0.300. The van der Waals surface area contributed by atoms with Gasteiger partial charge in [-0.3, -0.25) is 9.59 Å². The van der Waals surface area contributed by atoms with Crippen LogP contribution in [0, 0.1) is 5.41 Å². The van der Waals surface area contributed by atoms with Gasteiger partial charge in [0.1, 0.15) is 5.41 Å². The van der Waals surface area contributed by atoms with E-state index in [1.807, 2.05) is 30.3 Å². The number of hydrogen-bond acceptors (Lipinski definition) is 2. The van der Waals surface area contributed by atoms with Gasteiger partial charge in [-0.05, 0) is 43.0 Å². The minimum Gasteiger partial charge on any atom is -0.355 e. The zero-order chi connectivity index (χ0) is 19.5. The number of carbonyl (C=O) groups is 2. The second-order valence-electron chi connectivity index (χ2n) is 6.61. The first-order valence-electron chi connectivity index (χ1n) is 8.62.